The summed E-state index contributed by atoms with van der Waals surface area (Å²) in [6.07, 6.45) is 3.05. The number of para-hydroxylation sites is 2. The van der Waals surface area contributed by atoms with Crippen LogP contribution in [-0.2, 0) is 9.59 Å². The molecule has 0 aliphatic heterocycles. The van der Waals surface area contributed by atoms with Gasteiger partial charge in [-0.2, -0.15) is 10.2 Å². The van der Waals surface area contributed by atoms with E-state index >= 15 is 0 Å². The Hall–Kier alpha value is -5.90. The van der Waals surface area contributed by atoms with E-state index in [2.05, 4.69) is 26.3 Å². The minimum atomic E-state index is -1.04. The molecule has 0 atom stereocenters. The van der Waals surface area contributed by atoms with Gasteiger partial charge in [-0.1, -0.05) is 42.5 Å². The van der Waals surface area contributed by atoms with E-state index in [4.69, 9.17) is 0 Å². The Morgan fingerprint density at radius 1 is 0.833 bits per heavy atom. The molecule has 208 valence electrons. The zero-order valence-electron chi connectivity index (χ0n) is 22.4. The van der Waals surface area contributed by atoms with Crippen LogP contribution in [0, 0.1) is 12.7 Å². The number of carbonyl (C=O) groups is 3. The fourth-order valence-electron chi connectivity index (χ4n) is 4.13. The summed E-state index contributed by atoms with van der Waals surface area (Å²) in [4.78, 5) is 38.1. The van der Waals surface area contributed by atoms with Crippen molar-refractivity contribution in [1.82, 2.24) is 15.2 Å². The highest BCUT2D eigenvalue weighted by molar-refractivity contribution is 6.40. The normalized spacial score (nSPS) is 10.8. The summed E-state index contributed by atoms with van der Waals surface area (Å²) in [5.74, 6) is -2.89. The predicted molar refractivity (Wildman–Crippen MR) is 159 cm³/mol. The molecule has 9 nitrogen and oxygen atoms in total. The molecule has 1 aromatic heterocycles. The van der Waals surface area contributed by atoms with Gasteiger partial charge in [0.1, 0.15) is 11.5 Å². The summed E-state index contributed by atoms with van der Waals surface area (Å²) >= 11 is 0. The molecule has 0 radical (unpaired) electrons. The number of anilines is 2. The van der Waals surface area contributed by atoms with E-state index in [0.717, 1.165) is 11.3 Å². The number of hydrogen-bond donors (Lipinski definition) is 3. The lowest BCUT2D eigenvalue weighted by molar-refractivity contribution is -0.136. The van der Waals surface area contributed by atoms with E-state index in [1.54, 1.807) is 41.2 Å². The van der Waals surface area contributed by atoms with E-state index in [0.29, 0.717) is 22.5 Å². The van der Waals surface area contributed by atoms with Crippen LogP contribution in [0.25, 0.3) is 16.9 Å². The van der Waals surface area contributed by atoms with Gasteiger partial charge in [0.2, 0.25) is 0 Å². The maximum absolute atomic E-state index is 13.5. The molecular formula is C32H25FN6O3. The standard InChI is InChI=1S/C32H25FN6O3/c1-21-8-7-9-25(18-21)35-30(40)27-12-5-6-13-28(27)36-31(41)32(42)37-34-19-23-20-39(26-10-3-2-4-11-26)38-29(23)22-14-16-24(33)17-15-22/h2-20H,1H3,(H,35,40)(H,36,41)(H,37,42)/b34-19-. The lowest BCUT2D eigenvalue weighted by Crippen LogP contribution is -2.33. The van der Waals surface area contributed by atoms with Gasteiger partial charge in [0.25, 0.3) is 5.91 Å². The fraction of sp³-hybridized carbons (Fsp3) is 0.0312. The second-order valence-electron chi connectivity index (χ2n) is 9.24. The predicted octanol–water partition coefficient (Wildman–Crippen LogP) is 5.33. The molecule has 5 aromatic rings. The maximum Gasteiger partial charge on any atom is 0.329 e. The number of aromatic nitrogens is 2. The van der Waals surface area contributed by atoms with Crippen molar-refractivity contribution < 1.29 is 18.8 Å². The van der Waals surface area contributed by atoms with Gasteiger partial charge in [-0.25, -0.2) is 14.5 Å². The van der Waals surface area contributed by atoms with Crippen molar-refractivity contribution in [3.63, 3.8) is 0 Å². The van der Waals surface area contributed by atoms with Gasteiger partial charge in [0.05, 0.1) is 23.2 Å². The smallest absolute Gasteiger partial charge is 0.322 e. The molecule has 0 bridgehead atoms. The minimum Gasteiger partial charge on any atom is -0.322 e. The number of nitrogens with one attached hydrogen (secondary N) is 3. The number of benzene rings is 4. The number of amides is 3. The Morgan fingerprint density at radius 3 is 2.33 bits per heavy atom. The van der Waals surface area contributed by atoms with Gasteiger partial charge >= 0.3 is 11.8 Å². The Balaban J connectivity index is 1.29. The van der Waals surface area contributed by atoms with E-state index in [1.807, 2.05) is 55.5 Å². The highest BCUT2D eigenvalue weighted by atomic mass is 19.1. The average molecular weight is 561 g/mol. The maximum atomic E-state index is 13.5. The number of aryl methyl sites for hydroxylation is 1. The summed E-state index contributed by atoms with van der Waals surface area (Å²) in [5.41, 5.74) is 6.56. The quantitative estimate of drug-likeness (QED) is 0.142. The largest absolute Gasteiger partial charge is 0.329 e. The molecule has 0 aliphatic carbocycles. The molecule has 0 saturated heterocycles. The topological polar surface area (TPSA) is 117 Å². The number of hydrogen-bond acceptors (Lipinski definition) is 5. The first-order valence-electron chi connectivity index (χ1n) is 12.9. The molecule has 3 amide bonds. The third-order valence-corrected chi connectivity index (χ3v) is 6.15. The van der Waals surface area contributed by atoms with Crippen LogP contribution in [0.5, 0.6) is 0 Å². The van der Waals surface area contributed by atoms with Gasteiger partial charge in [0, 0.05) is 23.0 Å². The van der Waals surface area contributed by atoms with Crippen LogP contribution >= 0.6 is 0 Å². The molecule has 0 unspecified atom stereocenters. The summed E-state index contributed by atoms with van der Waals surface area (Å²) in [6.45, 7) is 1.91. The fourth-order valence-corrected chi connectivity index (χ4v) is 4.13. The van der Waals surface area contributed by atoms with E-state index in [-0.39, 0.29) is 17.1 Å². The minimum absolute atomic E-state index is 0.162. The van der Waals surface area contributed by atoms with Crippen molar-refractivity contribution in [1.29, 1.82) is 0 Å². The third-order valence-electron chi connectivity index (χ3n) is 6.15. The van der Waals surface area contributed by atoms with Crippen molar-refractivity contribution in [2.75, 3.05) is 10.6 Å². The first-order valence-corrected chi connectivity index (χ1v) is 12.9. The monoisotopic (exact) mass is 560 g/mol. The number of hydrazone groups is 1. The van der Waals surface area contributed by atoms with Gasteiger partial charge in [-0.15, -0.1) is 0 Å². The molecule has 0 spiro atoms. The Labute approximate surface area is 240 Å². The summed E-state index contributed by atoms with van der Waals surface area (Å²) in [7, 11) is 0. The number of carbonyl (C=O) groups excluding carboxylic acids is 3. The number of nitrogens with zero attached hydrogens (tertiary/aromatic N) is 3. The van der Waals surface area contributed by atoms with Gasteiger partial charge in [-0.05, 0) is 73.2 Å². The number of halogens is 1. The van der Waals surface area contributed by atoms with Crippen LogP contribution < -0.4 is 16.1 Å². The molecule has 0 saturated carbocycles. The van der Waals surface area contributed by atoms with Crippen LogP contribution in [0.4, 0.5) is 15.8 Å². The van der Waals surface area contributed by atoms with E-state index < -0.39 is 17.7 Å². The SMILES string of the molecule is Cc1cccc(NC(=O)c2ccccc2NC(=O)C(=O)N/N=C\c2cn(-c3ccccc3)nc2-c2ccc(F)cc2)c1. The average Bonchev–Trinajstić information content (AvgIpc) is 3.42. The third kappa shape index (κ3) is 6.62. The molecule has 10 heteroatoms. The summed E-state index contributed by atoms with van der Waals surface area (Å²) in [5, 5.41) is 13.8. The van der Waals surface area contributed by atoms with Crippen molar-refractivity contribution in [3.05, 3.63) is 132 Å². The first-order chi connectivity index (χ1) is 20.4. The Kier molecular flexibility index (Phi) is 8.24. The summed E-state index contributed by atoms with van der Waals surface area (Å²) < 4.78 is 15.2. The highest BCUT2D eigenvalue weighted by Crippen LogP contribution is 2.23. The molecule has 0 fully saturated rings. The van der Waals surface area contributed by atoms with Crippen LogP contribution in [0.1, 0.15) is 21.5 Å². The van der Waals surface area contributed by atoms with Crippen molar-refractivity contribution in [2.24, 2.45) is 5.10 Å². The first kappa shape index (κ1) is 27.7. The highest BCUT2D eigenvalue weighted by Gasteiger charge is 2.18. The molecule has 4 aromatic carbocycles. The van der Waals surface area contributed by atoms with Crippen molar-refractivity contribution in [2.45, 2.75) is 6.92 Å². The molecule has 1 heterocycles. The van der Waals surface area contributed by atoms with Crippen molar-refractivity contribution >= 4 is 35.3 Å². The van der Waals surface area contributed by atoms with Gasteiger partial charge < -0.3 is 10.6 Å². The van der Waals surface area contributed by atoms with Crippen LogP contribution in [0.3, 0.4) is 0 Å². The molecule has 42 heavy (non-hydrogen) atoms. The van der Waals surface area contributed by atoms with Gasteiger partial charge in [0.15, 0.2) is 0 Å². The Bertz CT molecular complexity index is 1780. The van der Waals surface area contributed by atoms with Gasteiger partial charge in [-0.3, -0.25) is 14.4 Å². The van der Waals surface area contributed by atoms with E-state index in [1.165, 1.54) is 30.5 Å². The number of rotatable bonds is 7. The second kappa shape index (κ2) is 12.5. The second-order valence-corrected chi connectivity index (χ2v) is 9.24. The molecule has 0 aliphatic rings. The Morgan fingerprint density at radius 2 is 1.57 bits per heavy atom. The molecule has 3 N–H and O–H groups in total. The lowest BCUT2D eigenvalue weighted by atomic mass is 10.1. The van der Waals surface area contributed by atoms with Crippen LogP contribution in [0.2, 0.25) is 0 Å². The molecule has 5 rings (SSSR count). The zero-order chi connectivity index (χ0) is 29.5. The summed E-state index contributed by atoms with van der Waals surface area (Å²) in [6, 6.07) is 28.8. The van der Waals surface area contributed by atoms with Crippen molar-refractivity contribution in [3.8, 4) is 16.9 Å². The lowest BCUT2D eigenvalue weighted by Gasteiger charge is -2.11. The van der Waals surface area contributed by atoms with Crippen LogP contribution in [-0.4, -0.2) is 33.7 Å². The van der Waals surface area contributed by atoms with Crippen LogP contribution in [0.15, 0.2) is 114 Å². The van der Waals surface area contributed by atoms with E-state index in [9.17, 15) is 18.8 Å². The molecular weight excluding hydrogens is 535 g/mol. The zero-order valence-corrected chi connectivity index (χ0v) is 22.4.